The molecule has 0 aliphatic carbocycles. The average Bonchev–Trinajstić information content (AvgIpc) is 2.56. The van der Waals surface area contributed by atoms with Crippen LogP contribution in [0.3, 0.4) is 0 Å². The molecule has 2 N–H and O–H groups in total. The van der Waals surface area contributed by atoms with E-state index < -0.39 is 18.9 Å². The number of aromatic nitrogens is 2. The second-order valence-electron chi connectivity index (χ2n) is 5.77. The first kappa shape index (κ1) is 20.7. The largest absolute Gasteiger partial charge is 0.419 e. The van der Waals surface area contributed by atoms with Crippen molar-refractivity contribution in [3.8, 4) is 0 Å². The number of alkyl halides is 3. The predicted octanol–water partition coefficient (Wildman–Crippen LogP) is 5.16. The molecule has 2 rings (SSSR count). The van der Waals surface area contributed by atoms with Gasteiger partial charge >= 0.3 is 6.18 Å². The van der Waals surface area contributed by atoms with Gasteiger partial charge in [0.15, 0.2) is 0 Å². The van der Waals surface area contributed by atoms with Crippen molar-refractivity contribution in [3.05, 3.63) is 52.4 Å². The molecule has 8 heteroatoms. The van der Waals surface area contributed by atoms with Crippen LogP contribution in [0, 0.1) is 13.8 Å². The number of anilines is 1. The molecule has 0 saturated heterocycles. The molecule has 0 aliphatic rings. The lowest BCUT2D eigenvalue weighted by molar-refractivity contribution is -0.138. The van der Waals surface area contributed by atoms with Gasteiger partial charge in [-0.05, 0) is 62.8 Å². The van der Waals surface area contributed by atoms with E-state index in [0.717, 1.165) is 22.9 Å². The van der Waals surface area contributed by atoms with Crippen molar-refractivity contribution >= 4 is 35.3 Å². The van der Waals surface area contributed by atoms with Crippen molar-refractivity contribution in [1.82, 2.24) is 9.97 Å². The van der Waals surface area contributed by atoms with Crippen LogP contribution < -0.4 is 11.0 Å². The number of benzene rings is 1. The van der Waals surface area contributed by atoms with Crippen LogP contribution in [-0.4, -0.2) is 22.9 Å². The second kappa shape index (κ2) is 7.97. The maximum Gasteiger partial charge on any atom is 0.419 e. The van der Waals surface area contributed by atoms with Gasteiger partial charge in [-0.15, -0.1) is 11.4 Å². The second-order valence-corrected chi connectivity index (χ2v) is 10.3. The molecule has 0 spiro atoms. The van der Waals surface area contributed by atoms with Crippen LogP contribution in [0.15, 0.2) is 24.4 Å². The summed E-state index contributed by atoms with van der Waals surface area (Å²) in [5.41, 5.74) is 7.78. The summed E-state index contributed by atoms with van der Waals surface area (Å²) < 4.78 is 40.4. The molecule has 0 radical (unpaired) electrons. The van der Waals surface area contributed by atoms with Crippen LogP contribution >= 0.6 is 18.5 Å². The smallest absolute Gasteiger partial charge is 0.368 e. The van der Waals surface area contributed by atoms with Crippen LogP contribution in [0.2, 0.25) is 0 Å². The van der Waals surface area contributed by atoms with Crippen molar-refractivity contribution in [1.29, 1.82) is 0 Å². The molecule has 2 aromatic rings. The topological polar surface area (TPSA) is 51.8 Å². The van der Waals surface area contributed by atoms with E-state index in [-0.39, 0.29) is 11.6 Å². The van der Waals surface area contributed by atoms with Crippen LogP contribution in [0.25, 0.3) is 5.57 Å². The maximum atomic E-state index is 13.5. The highest BCUT2D eigenvalue weighted by Gasteiger charge is 2.36. The van der Waals surface area contributed by atoms with Gasteiger partial charge < -0.3 is 5.73 Å². The summed E-state index contributed by atoms with van der Waals surface area (Å²) in [5, 5.41) is 1.19. The van der Waals surface area contributed by atoms with Gasteiger partial charge in [-0.2, -0.15) is 13.2 Å². The molecule has 1 aromatic carbocycles. The number of aryl methyl sites for hydroxylation is 1. The van der Waals surface area contributed by atoms with Crippen LogP contribution in [0.5, 0.6) is 0 Å². The Morgan fingerprint density at radius 3 is 2.46 bits per heavy atom. The lowest BCUT2D eigenvalue weighted by Gasteiger charge is -2.21. The van der Waals surface area contributed by atoms with E-state index in [9.17, 15) is 13.2 Å². The molecule has 1 unspecified atom stereocenters. The van der Waals surface area contributed by atoms with E-state index in [1.807, 2.05) is 32.2 Å². The molecule has 1 aromatic heterocycles. The summed E-state index contributed by atoms with van der Waals surface area (Å²) in [6.45, 7) is 7.84. The van der Waals surface area contributed by atoms with Crippen LogP contribution in [0.4, 0.5) is 19.1 Å². The third kappa shape index (κ3) is 4.04. The zero-order valence-electron chi connectivity index (χ0n) is 15.3. The van der Waals surface area contributed by atoms with Crippen molar-refractivity contribution < 1.29 is 13.2 Å². The van der Waals surface area contributed by atoms with E-state index in [1.54, 1.807) is 24.4 Å². The highest BCUT2D eigenvalue weighted by molar-refractivity contribution is 8.57. The van der Waals surface area contributed by atoms with E-state index in [4.69, 9.17) is 5.73 Å². The average molecular weight is 399 g/mol. The quantitative estimate of drug-likeness (QED) is 0.722. The van der Waals surface area contributed by atoms with Crippen molar-refractivity contribution in [2.24, 2.45) is 0 Å². The number of allylic oxidation sites excluding steroid dienone is 1. The fourth-order valence-corrected chi connectivity index (χ4v) is 5.67. The molecule has 0 saturated carbocycles. The van der Waals surface area contributed by atoms with Gasteiger partial charge in [0.25, 0.3) is 0 Å². The molecule has 0 aliphatic heterocycles. The van der Waals surface area contributed by atoms with Crippen molar-refractivity contribution in [2.75, 3.05) is 18.7 Å². The normalized spacial score (nSPS) is 13.8. The van der Waals surface area contributed by atoms with Gasteiger partial charge in [-0.3, -0.25) is 0 Å². The zero-order chi connectivity index (χ0) is 19.6. The molecular formula is C18H21F3N3PS. The van der Waals surface area contributed by atoms with Gasteiger partial charge in [0.1, 0.15) is 5.56 Å². The van der Waals surface area contributed by atoms with Gasteiger partial charge in [0.2, 0.25) is 5.95 Å². The predicted molar refractivity (Wildman–Crippen MR) is 106 cm³/mol. The van der Waals surface area contributed by atoms with Gasteiger partial charge in [0, 0.05) is 11.8 Å². The first-order chi connectivity index (χ1) is 12.1. The Morgan fingerprint density at radius 1 is 1.27 bits per heavy atom. The first-order valence-corrected chi connectivity index (χ1v) is 11.5. The number of nitrogen functional groups attached to an aromatic ring is 1. The lowest BCUT2D eigenvalue weighted by Crippen LogP contribution is -2.15. The summed E-state index contributed by atoms with van der Waals surface area (Å²) in [5.74, 6) is -0.181. The SMILES string of the molecule is C/C=C(\c1ccc(C)c(P(C)SC)c1C)c1nc(N)ncc1C(F)(F)F. The number of hydrogen-bond donors (Lipinski definition) is 1. The van der Waals surface area contributed by atoms with E-state index in [1.165, 1.54) is 5.30 Å². The minimum Gasteiger partial charge on any atom is -0.368 e. The summed E-state index contributed by atoms with van der Waals surface area (Å²) in [6, 6.07) is 3.81. The van der Waals surface area contributed by atoms with Gasteiger partial charge in [-0.1, -0.05) is 18.2 Å². The van der Waals surface area contributed by atoms with Crippen LogP contribution in [0.1, 0.15) is 34.9 Å². The van der Waals surface area contributed by atoms with Crippen molar-refractivity contribution in [3.63, 3.8) is 0 Å². The molecular weight excluding hydrogens is 378 g/mol. The molecule has 1 atom stereocenters. The number of nitrogens with zero attached hydrogens (tertiary/aromatic N) is 2. The van der Waals surface area contributed by atoms with Crippen molar-refractivity contribution in [2.45, 2.75) is 26.9 Å². The Bertz CT molecular complexity index is 850. The van der Waals surface area contributed by atoms with E-state index >= 15 is 0 Å². The highest BCUT2D eigenvalue weighted by Crippen LogP contribution is 2.46. The fourth-order valence-electron chi connectivity index (χ4n) is 2.93. The lowest BCUT2D eigenvalue weighted by atomic mass is 9.94. The molecule has 0 amide bonds. The molecule has 1 heterocycles. The number of nitrogens with two attached hydrogens (primary N) is 1. The molecule has 0 bridgehead atoms. The maximum absolute atomic E-state index is 13.5. The summed E-state index contributed by atoms with van der Waals surface area (Å²) in [6.07, 6.45) is -0.119. The number of rotatable bonds is 4. The minimum absolute atomic E-state index is 0.181. The van der Waals surface area contributed by atoms with Gasteiger partial charge in [0.05, 0.1) is 5.69 Å². The highest BCUT2D eigenvalue weighted by atomic mass is 32.7. The summed E-state index contributed by atoms with van der Waals surface area (Å²) in [7, 11) is -0.457. The van der Waals surface area contributed by atoms with E-state index in [0.29, 0.717) is 5.57 Å². The van der Waals surface area contributed by atoms with Gasteiger partial charge in [-0.25, -0.2) is 9.97 Å². The Labute approximate surface area is 156 Å². The Balaban J connectivity index is 2.75. The number of hydrogen-bond acceptors (Lipinski definition) is 4. The zero-order valence-corrected chi connectivity index (χ0v) is 17.0. The standard InChI is InChI=1S/C18H21F3N3PS/c1-6-12(15-14(18(19,20)21)9-23-17(22)24-15)13-8-7-10(2)16(11(13)3)25(4)26-5/h6-9H,1-5H3,(H2,22,23,24)/b12-6+. The van der Waals surface area contributed by atoms with E-state index in [2.05, 4.69) is 16.6 Å². The fraction of sp³-hybridized carbons (Fsp3) is 0.333. The monoisotopic (exact) mass is 399 g/mol. The molecule has 0 fully saturated rings. The first-order valence-electron chi connectivity index (χ1n) is 7.86. The molecule has 3 nitrogen and oxygen atoms in total. The Hall–Kier alpha value is -1.59. The third-order valence-electron chi connectivity index (χ3n) is 4.17. The third-order valence-corrected chi connectivity index (χ3v) is 8.22. The number of halogens is 3. The summed E-state index contributed by atoms with van der Waals surface area (Å²) >= 11 is 1.76. The van der Waals surface area contributed by atoms with Crippen LogP contribution in [-0.2, 0) is 6.18 Å². The molecule has 26 heavy (non-hydrogen) atoms. The molecule has 140 valence electrons. The Morgan fingerprint density at radius 2 is 1.92 bits per heavy atom. The minimum atomic E-state index is -4.56. The summed E-state index contributed by atoms with van der Waals surface area (Å²) in [4.78, 5) is 7.46. The Kier molecular flexibility index (Phi) is 6.35.